The van der Waals surface area contributed by atoms with E-state index in [2.05, 4.69) is 88.4 Å². The highest BCUT2D eigenvalue weighted by atomic mass is 79.9. The molecule has 0 atom stereocenters. The van der Waals surface area contributed by atoms with Gasteiger partial charge in [-0.05, 0) is 54.0 Å². The van der Waals surface area contributed by atoms with Gasteiger partial charge in [0.2, 0.25) is 0 Å². The minimum Gasteiger partial charge on any atom is -0.322 e. The van der Waals surface area contributed by atoms with E-state index in [1.807, 2.05) is 18.2 Å². The number of amidine groups is 1. The van der Waals surface area contributed by atoms with Crippen LogP contribution in [0.4, 0.5) is 5.69 Å². The highest BCUT2D eigenvalue weighted by molar-refractivity contribution is 9.10. The maximum absolute atomic E-state index is 8.87. The van der Waals surface area contributed by atoms with Gasteiger partial charge in [0.25, 0.3) is 0 Å². The van der Waals surface area contributed by atoms with E-state index in [4.69, 9.17) is 5.41 Å². The number of aryl methyl sites for hydroxylation is 1. The monoisotopic (exact) mass is 482 g/mol. The SMILES string of the molecule is Br.Cc1ccc(N2Cc3ccccc3/C(=C\c3ccc(Br)cc3)C2=N)cc1. The molecule has 3 aromatic carbocycles. The fourth-order valence-electron chi connectivity index (χ4n) is 3.26. The summed E-state index contributed by atoms with van der Waals surface area (Å²) in [7, 11) is 0. The maximum Gasteiger partial charge on any atom is 0.133 e. The second kappa shape index (κ2) is 8.24. The quantitative estimate of drug-likeness (QED) is 0.422. The zero-order valence-electron chi connectivity index (χ0n) is 14.9. The standard InChI is InChI=1S/C23H19BrN2.BrH/c1-16-6-12-20(13-7-16)26-15-18-4-2-3-5-21(18)22(23(26)25)14-17-8-10-19(24)11-9-17;/h2-14,25H,15H2,1H3;1H/b22-14+,25-23?;. The zero-order valence-corrected chi connectivity index (χ0v) is 18.2. The fraction of sp³-hybridized carbons (Fsp3) is 0.0870. The number of nitrogens with zero attached hydrogens (tertiary/aromatic N) is 1. The Morgan fingerprint density at radius 3 is 2.30 bits per heavy atom. The van der Waals surface area contributed by atoms with E-state index >= 15 is 0 Å². The Morgan fingerprint density at radius 1 is 0.926 bits per heavy atom. The van der Waals surface area contributed by atoms with E-state index in [0.717, 1.165) is 33.4 Å². The predicted molar refractivity (Wildman–Crippen MR) is 124 cm³/mol. The highest BCUT2D eigenvalue weighted by Gasteiger charge is 2.25. The molecular formula is C23H20Br2N2. The van der Waals surface area contributed by atoms with Gasteiger partial charge in [0.15, 0.2) is 0 Å². The molecule has 0 saturated carbocycles. The molecule has 3 aromatic rings. The minimum atomic E-state index is 0. The summed E-state index contributed by atoms with van der Waals surface area (Å²) in [6.45, 7) is 2.80. The van der Waals surface area contributed by atoms with E-state index in [1.54, 1.807) is 0 Å². The summed E-state index contributed by atoms with van der Waals surface area (Å²) in [5, 5.41) is 8.87. The highest BCUT2D eigenvalue weighted by Crippen LogP contribution is 2.33. The third kappa shape index (κ3) is 4.07. The lowest BCUT2D eigenvalue weighted by Crippen LogP contribution is -2.34. The van der Waals surface area contributed by atoms with Crippen molar-refractivity contribution in [1.82, 2.24) is 0 Å². The first kappa shape index (κ1) is 19.6. The maximum atomic E-state index is 8.87. The molecule has 0 bridgehead atoms. The van der Waals surface area contributed by atoms with Crippen molar-refractivity contribution in [1.29, 1.82) is 5.41 Å². The van der Waals surface area contributed by atoms with Crippen molar-refractivity contribution in [2.45, 2.75) is 13.5 Å². The number of rotatable bonds is 2. The van der Waals surface area contributed by atoms with Crippen LogP contribution in [0.2, 0.25) is 0 Å². The molecule has 0 aliphatic carbocycles. The second-order valence-electron chi connectivity index (χ2n) is 6.54. The number of anilines is 1. The summed E-state index contributed by atoms with van der Waals surface area (Å²) in [6.07, 6.45) is 2.11. The molecule has 0 amide bonds. The van der Waals surface area contributed by atoms with Gasteiger partial charge in [-0.2, -0.15) is 0 Å². The second-order valence-corrected chi connectivity index (χ2v) is 7.45. The van der Waals surface area contributed by atoms with E-state index in [-0.39, 0.29) is 17.0 Å². The normalized spacial score (nSPS) is 14.7. The molecule has 1 aliphatic heterocycles. The molecule has 0 radical (unpaired) electrons. The van der Waals surface area contributed by atoms with Gasteiger partial charge in [0.1, 0.15) is 5.84 Å². The Kier molecular flexibility index (Phi) is 5.98. The molecule has 4 heteroatoms. The van der Waals surface area contributed by atoms with Gasteiger partial charge < -0.3 is 4.90 Å². The first-order chi connectivity index (χ1) is 12.6. The summed E-state index contributed by atoms with van der Waals surface area (Å²) >= 11 is 3.48. The van der Waals surface area contributed by atoms with Crippen molar-refractivity contribution < 1.29 is 0 Å². The van der Waals surface area contributed by atoms with Crippen LogP contribution in [0.1, 0.15) is 22.3 Å². The fourth-order valence-corrected chi connectivity index (χ4v) is 3.52. The molecule has 4 rings (SSSR count). The Morgan fingerprint density at radius 2 is 1.59 bits per heavy atom. The minimum absolute atomic E-state index is 0. The average molecular weight is 484 g/mol. The van der Waals surface area contributed by atoms with Crippen LogP contribution in [0.25, 0.3) is 11.6 Å². The third-order valence-corrected chi connectivity index (χ3v) is 5.22. The molecule has 0 fully saturated rings. The molecule has 1 N–H and O–H groups in total. The summed E-state index contributed by atoms with van der Waals surface area (Å²) in [5.41, 5.74) is 6.71. The van der Waals surface area contributed by atoms with Gasteiger partial charge in [-0.1, -0.05) is 70.0 Å². The Bertz CT molecular complexity index is 990. The zero-order chi connectivity index (χ0) is 18.1. The molecule has 1 aliphatic rings. The van der Waals surface area contributed by atoms with E-state index in [0.29, 0.717) is 5.84 Å². The molecule has 0 aromatic heterocycles. The van der Waals surface area contributed by atoms with E-state index in [1.165, 1.54) is 11.1 Å². The van der Waals surface area contributed by atoms with Crippen molar-refractivity contribution in [3.05, 3.63) is 99.5 Å². The number of benzene rings is 3. The van der Waals surface area contributed by atoms with Crippen LogP contribution in [0.15, 0.2) is 77.3 Å². The Balaban J connectivity index is 0.00000210. The van der Waals surface area contributed by atoms with Gasteiger partial charge in [0.05, 0.1) is 6.54 Å². The average Bonchev–Trinajstić information content (AvgIpc) is 2.66. The number of halogens is 2. The lowest BCUT2D eigenvalue weighted by atomic mass is 9.92. The van der Waals surface area contributed by atoms with Crippen LogP contribution < -0.4 is 4.90 Å². The summed E-state index contributed by atoms with van der Waals surface area (Å²) in [6, 6.07) is 25.0. The molecule has 136 valence electrons. The summed E-state index contributed by atoms with van der Waals surface area (Å²) in [5.74, 6) is 0.537. The van der Waals surface area contributed by atoms with Crippen molar-refractivity contribution in [3.63, 3.8) is 0 Å². The number of hydrogen-bond donors (Lipinski definition) is 1. The lowest BCUT2D eigenvalue weighted by molar-refractivity contribution is 0.980. The lowest BCUT2D eigenvalue weighted by Gasteiger charge is -2.33. The summed E-state index contributed by atoms with van der Waals surface area (Å²) < 4.78 is 1.06. The Labute approximate surface area is 179 Å². The molecular weight excluding hydrogens is 464 g/mol. The van der Waals surface area contributed by atoms with Gasteiger partial charge in [-0.3, -0.25) is 5.41 Å². The molecule has 0 spiro atoms. The van der Waals surface area contributed by atoms with Gasteiger partial charge in [-0.15, -0.1) is 17.0 Å². The smallest absolute Gasteiger partial charge is 0.133 e. The number of hydrogen-bond acceptors (Lipinski definition) is 1. The summed E-state index contributed by atoms with van der Waals surface area (Å²) in [4.78, 5) is 2.08. The third-order valence-electron chi connectivity index (χ3n) is 4.69. The van der Waals surface area contributed by atoms with Crippen LogP contribution in [0.3, 0.4) is 0 Å². The Hall–Kier alpha value is -2.17. The van der Waals surface area contributed by atoms with E-state index in [9.17, 15) is 0 Å². The number of fused-ring (bicyclic) bond motifs is 1. The van der Waals surface area contributed by atoms with Crippen LogP contribution >= 0.6 is 32.9 Å². The van der Waals surface area contributed by atoms with Crippen LogP contribution in [-0.2, 0) is 6.54 Å². The molecule has 0 saturated heterocycles. The molecule has 2 nitrogen and oxygen atoms in total. The predicted octanol–water partition coefficient (Wildman–Crippen LogP) is 6.87. The number of nitrogens with one attached hydrogen (secondary N) is 1. The van der Waals surface area contributed by atoms with Crippen LogP contribution in [-0.4, -0.2) is 5.84 Å². The van der Waals surface area contributed by atoms with Gasteiger partial charge in [-0.25, -0.2) is 0 Å². The first-order valence-corrected chi connectivity index (χ1v) is 9.40. The van der Waals surface area contributed by atoms with Crippen LogP contribution in [0.5, 0.6) is 0 Å². The van der Waals surface area contributed by atoms with Crippen molar-refractivity contribution in [2.75, 3.05) is 4.90 Å². The molecule has 1 heterocycles. The molecule has 0 unspecified atom stereocenters. The van der Waals surface area contributed by atoms with E-state index < -0.39 is 0 Å². The topological polar surface area (TPSA) is 27.1 Å². The van der Waals surface area contributed by atoms with Crippen LogP contribution in [0, 0.1) is 12.3 Å². The molecule has 27 heavy (non-hydrogen) atoms. The largest absolute Gasteiger partial charge is 0.322 e. The van der Waals surface area contributed by atoms with Crippen molar-refractivity contribution >= 4 is 56.1 Å². The van der Waals surface area contributed by atoms with Gasteiger partial charge >= 0.3 is 0 Å². The van der Waals surface area contributed by atoms with Gasteiger partial charge in [0, 0.05) is 15.7 Å². The van der Waals surface area contributed by atoms with Crippen molar-refractivity contribution in [2.24, 2.45) is 0 Å². The first-order valence-electron chi connectivity index (χ1n) is 8.60. The van der Waals surface area contributed by atoms with Crippen molar-refractivity contribution in [3.8, 4) is 0 Å².